The molecule has 1 saturated heterocycles. The Kier molecular flexibility index (Phi) is 5.69. The van der Waals surface area contributed by atoms with Gasteiger partial charge in [0.15, 0.2) is 0 Å². The third-order valence-electron chi connectivity index (χ3n) is 5.71. The van der Waals surface area contributed by atoms with E-state index in [-0.39, 0.29) is 12.0 Å². The van der Waals surface area contributed by atoms with Gasteiger partial charge in [-0.25, -0.2) is 0 Å². The summed E-state index contributed by atoms with van der Waals surface area (Å²) in [5, 5.41) is 11.1. The molecule has 1 aliphatic heterocycles. The smallest absolute Gasteiger partial charge is 0.306 e. The lowest BCUT2D eigenvalue weighted by atomic mass is 9.89. The van der Waals surface area contributed by atoms with Crippen molar-refractivity contribution in [2.45, 2.75) is 18.9 Å². The first-order valence-electron chi connectivity index (χ1n) is 9.72. The fourth-order valence-corrected chi connectivity index (χ4v) is 4.42. The van der Waals surface area contributed by atoms with E-state index < -0.39 is 5.97 Å². The molecule has 0 saturated carbocycles. The molecular formula is C23H23ClN2O3. The van der Waals surface area contributed by atoms with Crippen LogP contribution in [0, 0.1) is 5.92 Å². The molecule has 1 aromatic heterocycles. The summed E-state index contributed by atoms with van der Waals surface area (Å²) in [6.45, 7) is 1.38. The lowest BCUT2D eigenvalue weighted by molar-refractivity contribution is -0.143. The van der Waals surface area contributed by atoms with E-state index in [4.69, 9.17) is 16.3 Å². The SMILES string of the molecule is COc1ccc(Cl)cc1C(c1ccnc2ccccc12)N1CCC(C(=O)O)CC1. The summed E-state index contributed by atoms with van der Waals surface area (Å²) in [5.74, 6) is -0.237. The van der Waals surface area contributed by atoms with Crippen LogP contribution in [0.5, 0.6) is 5.75 Å². The first-order chi connectivity index (χ1) is 14.1. The monoisotopic (exact) mass is 410 g/mol. The Morgan fingerprint density at radius 1 is 1.17 bits per heavy atom. The molecule has 0 amide bonds. The molecule has 29 heavy (non-hydrogen) atoms. The van der Waals surface area contributed by atoms with Crippen molar-refractivity contribution in [2.24, 2.45) is 5.92 Å². The zero-order valence-corrected chi connectivity index (χ0v) is 17.0. The average molecular weight is 411 g/mol. The van der Waals surface area contributed by atoms with E-state index in [0.29, 0.717) is 31.0 Å². The number of methoxy groups -OCH3 is 1. The summed E-state index contributed by atoms with van der Waals surface area (Å²) < 4.78 is 5.67. The Labute approximate surface area is 174 Å². The molecule has 0 aliphatic carbocycles. The van der Waals surface area contributed by atoms with Crippen LogP contribution in [-0.2, 0) is 4.79 Å². The minimum atomic E-state index is -0.712. The quantitative estimate of drug-likeness (QED) is 0.655. The predicted molar refractivity (Wildman–Crippen MR) is 114 cm³/mol. The van der Waals surface area contributed by atoms with Gasteiger partial charge >= 0.3 is 5.97 Å². The van der Waals surface area contributed by atoms with Crippen molar-refractivity contribution < 1.29 is 14.6 Å². The Morgan fingerprint density at radius 2 is 1.93 bits per heavy atom. The van der Waals surface area contributed by atoms with Gasteiger partial charge in [-0.05, 0) is 61.8 Å². The summed E-state index contributed by atoms with van der Waals surface area (Å²) in [4.78, 5) is 18.3. The molecule has 1 N–H and O–H groups in total. The Hall–Kier alpha value is -2.63. The molecule has 0 radical (unpaired) electrons. The topological polar surface area (TPSA) is 62.7 Å². The maximum Gasteiger partial charge on any atom is 0.306 e. The fraction of sp³-hybridized carbons (Fsp3) is 0.304. The van der Waals surface area contributed by atoms with Gasteiger partial charge in [-0.15, -0.1) is 0 Å². The van der Waals surface area contributed by atoms with Gasteiger partial charge in [-0.3, -0.25) is 14.7 Å². The largest absolute Gasteiger partial charge is 0.496 e. The molecule has 2 aromatic carbocycles. The van der Waals surface area contributed by atoms with Crippen LogP contribution in [0.3, 0.4) is 0 Å². The van der Waals surface area contributed by atoms with E-state index in [0.717, 1.165) is 27.8 Å². The number of aromatic nitrogens is 1. The predicted octanol–water partition coefficient (Wildman–Crippen LogP) is 4.78. The highest BCUT2D eigenvalue weighted by Gasteiger charge is 2.32. The Morgan fingerprint density at radius 3 is 2.66 bits per heavy atom. The molecular weight excluding hydrogens is 388 g/mol. The molecule has 0 spiro atoms. The molecule has 4 rings (SSSR count). The first kappa shape index (κ1) is 19.7. The summed E-state index contributed by atoms with van der Waals surface area (Å²) in [6.07, 6.45) is 3.07. The molecule has 150 valence electrons. The van der Waals surface area contributed by atoms with Gasteiger partial charge in [-0.2, -0.15) is 0 Å². The molecule has 1 fully saturated rings. The fourth-order valence-electron chi connectivity index (χ4n) is 4.24. The minimum Gasteiger partial charge on any atom is -0.496 e. The van der Waals surface area contributed by atoms with Crippen LogP contribution in [0.2, 0.25) is 5.02 Å². The number of carbonyl (C=O) groups is 1. The zero-order chi connectivity index (χ0) is 20.4. The summed E-state index contributed by atoms with van der Waals surface area (Å²) in [7, 11) is 1.66. The summed E-state index contributed by atoms with van der Waals surface area (Å²) in [6, 6.07) is 15.7. The number of nitrogens with zero attached hydrogens (tertiary/aromatic N) is 2. The number of benzene rings is 2. The number of carboxylic acid groups (broad SMARTS) is 1. The number of aliphatic carboxylic acids is 1. The van der Waals surface area contributed by atoms with Gasteiger partial charge in [-0.1, -0.05) is 29.8 Å². The van der Waals surface area contributed by atoms with Crippen LogP contribution in [0.1, 0.15) is 30.0 Å². The van der Waals surface area contributed by atoms with Crippen LogP contribution >= 0.6 is 11.6 Å². The normalized spacial score (nSPS) is 16.6. The van der Waals surface area contributed by atoms with Crippen molar-refractivity contribution in [2.75, 3.05) is 20.2 Å². The third kappa shape index (κ3) is 3.93. The first-order valence-corrected chi connectivity index (χ1v) is 10.1. The van der Waals surface area contributed by atoms with Crippen LogP contribution in [0.15, 0.2) is 54.7 Å². The second-order valence-electron chi connectivity index (χ2n) is 7.35. The van der Waals surface area contributed by atoms with Gasteiger partial charge in [0, 0.05) is 22.2 Å². The number of piperidine rings is 1. The molecule has 1 unspecified atom stereocenters. The highest BCUT2D eigenvalue weighted by atomic mass is 35.5. The summed E-state index contributed by atoms with van der Waals surface area (Å²) in [5.41, 5.74) is 3.02. The standard InChI is InChI=1S/C23H23ClN2O3/c1-29-21-7-6-16(24)14-19(21)22(26-12-9-15(10-13-26)23(27)28)18-8-11-25-20-5-3-2-4-17(18)20/h2-8,11,14-15,22H,9-10,12-13H2,1H3,(H,27,28). The van der Waals surface area contributed by atoms with Crippen molar-refractivity contribution in [3.63, 3.8) is 0 Å². The number of halogens is 1. The zero-order valence-electron chi connectivity index (χ0n) is 16.2. The van der Waals surface area contributed by atoms with Gasteiger partial charge in [0.1, 0.15) is 5.75 Å². The van der Waals surface area contributed by atoms with Gasteiger partial charge in [0.2, 0.25) is 0 Å². The third-order valence-corrected chi connectivity index (χ3v) is 5.94. The van der Waals surface area contributed by atoms with E-state index in [2.05, 4.69) is 16.0 Å². The second kappa shape index (κ2) is 8.39. The lowest BCUT2D eigenvalue weighted by Gasteiger charge is -2.38. The number of likely N-dealkylation sites (tertiary alicyclic amines) is 1. The van der Waals surface area contributed by atoms with Crippen LogP contribution in [0.25, 0.3) is 10.9 Å². The number of para-hydroxylation sites is 1. The Bertz CT molecular complexity index is 1030. The van der Waals surface area contributed by atoms with Crippen molar-refractivity contribution in [3.8, 4) is 5.75 Å². The molecule has 2 heterocycles. The highest BCUT2D eigenvalue weighted by Crippen LogP contribution is 2.40. The van der Waals surface area contributed by atoms with E-state index >= 15 is 0 Å². The number of hydrogen-bond acceptors (Lipinski definition) is 4. The summed E-state index contributed by atoms with van der Waals surface area (Å²) >= 11 is 6.36. The molecule has 6 heteroatoms. The Balaban J connectivity index is 1.84. The van der Waals surface area contributed by atoms with E-state index in [1.54, 1.807) is 7.11 Å². The van der Waals surface area contributed by atoms with Crippen LogP contribution < -0.4 is 4.74 Å². The van der Waals surface area contributed by atoms with Crippen molar-refractivity contribution in [3.05, 3.63) is 70.9 Å². The molecule has 1 aliphatic rings. The van der Waals surface area contributed by atoms with Crippen LogP contribution in [-0.4, -0.2) is 41.2 Å². The highest BCUT2D eigenvalue weighted by molar-refractivity contribution is 6.30. The number of pyridine rings is 1. The minimum absolute atomic E-state index is 0.105. The number of rotatable bonds is 5. The number of ether oxygens (including phenoxy) is 1. The van der Waals surface area contributed by atoms with Crippen LogP contribution in [0.4, 0.5) is 0 Å². The van der Waals surface area contributed by atoms with Crippen molar-refractivity contribution >= 4 is 28.5 Å². The average Bonchev–Trinajstić information content (AvgIpc) is 2.75. The van der Waals surface area contributed by atoms with Gasteiger partial charge in [0.25, 0.3) is 0 Å². The lowest BCUT2D eigenvalue weighted by Crippen LogP contribution is -2.39. The van der Waals surface area contributed by atoms with E-state index in [1.807, 2.05) is 48.7 Å². The molecule has 1 atom stereocenters. The number of fused-ring (bicyclic) bond motifs is 1. The molecule has 0 bridgehead atoms. The van der Waals surface area contributed by atoms with E-state index in [1.165, 1.54) is 0 Å². The molecule has 3 aromatic rings. The van der Waals surface area contributed by atoms with Crippen molar-refractivity contribution in [1.29, 1.82) is 0 Å². The van der Waals surface area contributed by atoms with E-state index in [9.17, 15) is 9.90 Å². The maximum atomic E-state index is 11.4. The second-order valence-corrected chi connectivity index (χ2v) is 7.79. The number of hydrogen-bond donors (Lipinski definition) is 1. The van der Waals surface area contributed by atoms with Crippen molar-refractivity contribution in [1.82, 2.24) is 9.88 Å². The number of carboxylic acids is 1. The van der Waals surface area contributed by atoms with Gasteiger partial charge in [0.05, 0.1) is 24.6 Å². The van der Waals surface area contributed by atoms with Gasteiger partial charge < -0.3 is 9.84 Å². The maximum absolute atomic E-state index is 11.4. The molecule has 5 nitrogen and oxygen atoms in total.